The summed E-state index contributed by atoms with van der Waals surface area (Å²) in [6.07, 6.45) is 0. The second-order valence-electron chi connectivity index (χ2n) is 3.12. The first-order valence-electron chi connectivity index (χ1n) is 4.64. The van der Waals surface area contributed by atoms with E-state index in [0.29, 0.717) is 17.2 Å². The minimum absolute atomic E-state index is 0.199. The van der Waals surface area contributed by atoms with E-state index in [1.807, 2.05) is 30.3 Å². The lowest BCUT2D eigenvalue weighted by Crippen LogP contribution is -2.14. The second kappa shape index (κ2) is 4.25. The lowest BCUT2D eigenvalue weighted by molar-refractivity contribution is 0.308. The van der Waals surface area contributed by atoms with E-state index in [2.05, 4.69) is 10.3 Å². The molecule has 0 atom stereocenters. The third kappa shape index (κ3) is 1.91. The first-order valence-corrected chi connectivity index (χ1v) is 4.64. The van der Waals surface area contributed by atoms with E-state index in [1.165, 1.54) is 0 Å². The van der Waals surface area contributed by atoms with Gasteiger partial charge in [0.2, 0.25) is 0 Å². The highest BCUT2D eigenvalue weighted by Gasteiger charge is 2.18. The average molecular weight is 203 g/mol. The summed E-state index contributed by atoms with van der Waals surface area (Å²) in [4.78, 5) is 4.15. The number of amidine groups is 1. The maximum atomic E-state index is 9.00. The molecule has 0 saturated heterocycles. The van der Waals surface area contributed by atoms with Crippen LogP contribution in [0, 0.1) is 0 Å². The number of benzene rings is 1. The molecule has 1 aliphatic rings. The molecule has 0 amide bonds. The van der Waals surface area contributed by atoms with Gasteiger partial charge in [0.15, 0.2) is 5.84 Å². The van der Waals surface area contributed by atoms with E-state index in [9.17, 15) is 0 Å². The van der Waals surface area contributed by atoms with E-state index < -0.39 is 0 Å². The summed E-state index contributed by atoms with van der Waals surface area (Å²) in [5.74, 6) is 0.545. The summed E-state index contributed by atoms with van der Waals surface area (Å²) in [6.45, 7) is -0.397. The van der Waals surface area contributed by atoms with Gasteiger partial charge < -0.3 is 10.2 Å². The van der Waals surface area contributed by atoms with Crippen molar-refractivity contribution in [3.8, 4) is 0 Å². The molecule has 1 aromatic rings. The summed E-state index contributed by atoms with van der Waals surface area (Å²) in [6, 6.07) is 9.47. The highest BCUT2D eigenvalue weighted by Crippen LogP contribution is 2.15. The van der Waals surface area contributed by atoms with Gasteiger partial charge in [-0.15, -0.1) is 0 Å². The largest absolute Gasteiger partial charge is 0.390 e. The fraction of sp³-hybridized carbons (Fsp3) is 0.182. The monoisotopic (exact) mass is 203 g/mol. The van der Waals surface area contributed by atoms with Gasteiger partial charge in [-0.05, 0) is 0 Å². The van der Waals surface area contributed by atoms with Crippen molar-refractivity contribution in [1.29, 1.82) is 0 Å². The molecule has 1 aromatic carbocycles. The van der Waals surface area contributed by atoms with Crippen LogP contribution >= 0.6 is 0 Å². The van der Waals surface area contributed by atoms with E-state index in [0.717, 1.165) is 5.56 Å². The zero-order valence-electron chi connectivity index (χ0n) is 8.09. The van der Waals surface area contributed by atoms with Crippen molar-refractivity contribution >= 4 is 5.84 Å². The van der Waals surface area contributed by atoms with Crippen LogP contribution in [0.4, 0.5) is 0 Å². The Hall–Kier alpha value is -1.65. The van der Waals surface area contributed by atoms with E-state index in [4.69, 9.17) is 10.2 Å². The lowest BCUT2D eigenvalue weighted by Gasteiger charge is -2.00. The fourth-order valence-electron chi connectivity index (χ4n) is 1.38. The van der Waals surface area contributed by atoms with Crippen LogP contribution in [0.5, 0.6) is 0 Å². The van der Waals surface area contributed by atoms with Gasteiger partial charge >= 0.3 is 0 Å². The van der Waals surface area contributed by atoms with Gasteiger partial charge in [0.25, 0.3) is 0 Å². The molecule has 1 heterocycles. The number of hydrogen-bond donors (Lipinski definition) is 2. The zero-order valence-corrected chi connectivity index (χ0v) is 8.09. The number of aliphatic imine (C=N–C) groups is 1. The van der Waals surface area contributed by atoms with Crippen molar-refractivity contribution in [3.05, 3.63) is 47.3 Å². The molecule has 1 radical (unpaired) electrons. The Balaban J connectivity index is 2.24. The molecular weight excluding hydrogens is 192 g/mol. The van der Waals surface area contributed by atoms with Gasteiger partial charge in [0.1, 0.15) is 0 Å². The van der Waals surface area contributed by atoms with Crippen LogP contribution in [0.1, 0.15) is 5.56 Å². The van der Waals surface area contributed by atoms with Gasteiger partial charge in [-0.2, -0.15) is 0 Å². The van der Waals surface area contributed by atoms with Crippen molar-refractivity contribution in [1.82, 2.24) is 5.32 Å². The highest BCUT2D eigenvalue weighted by molar-refractivity contribution is 6.01. The fourth-order valence-corrected chi connectivity index (χ4v) is 1.38. The first-order chi connectivity index (χ1) is 7.35. The maximum absolute atomic E-state index is 9.00. The molecule has 4 nitrogen and oxygen atoms in total. The van der Waals surface area contributed by atoms with Gasteiger partial charge in [-0.25, -0.2) is 10.3 Å². The minimum Gasteiger partial charge on any atom is -0.390 e. The maximum Gasteiger partial charge on any atom is 0.159 e. The Labute approximate surface area is 87.6 Å². The van der Waals surface area contributed by atoms with Gasteiger partial charge in [-0.3, -0.25) is 0 Å². The van der Waals surface area contributed by atoms with Gasteiger partial charge in [0, 0.05) is 5.56 Å². The quantitative estimate of drug-likeness (QED) is 0.739. The van der Waals surface area contributed by atoms with Crippen molar-refractivity contribution in [2.75, 3.05) is 13.2 Å². The summed E-state index contributed by atoms with van der Waals surface area (Å²) < 4.78 is 0. The molecule has 0 aromatic heterocycles. The second-order valence-corrected chi connectivity index (χ2v) is 3.12. The summed E-state index contributed by atoms with van der Waals surface area (Å²) in [5, 5.41) is 22.1. The highest BCUT2D eigenvalue weighted by atomic mass is 16.3. The molecule has 2 rings (SSSR count). The minimum atomic E-state index is -0.199. The lowest BCUT2D eigenvalue weighted by atomic mass is 10.2. The summed E-state index contributed by atoms with van der Waals surface area (Å²) in [7, 11) is 0. The summed E-state index contributed by atoms with van der Waals surface area (Å²) in [5.41, 5.74) is 1.76. The zero-order chi connectivity index (χ0) is 10.7. The predicted octanol–water partition coefficient (Wildman–Crippen LogP) is 0.247. The van der Waals surface area contributed by atoms with Crippen LogP contribution in [-0.4, -0.2) is 29.3 Å². The standard InChI is InChI=1S/C11H11N2O2/c14-6-9-10(7-15)13-11(12-9)8-4-2-1-3-5-8/h1-5,14-15H,6-7H2. The Kier molecular flexibility index (Phi) is 2.80. The van der Waals surface area contributed by atoms with Gasteiger partial charge in [-0.1, -0.05) is 30.3 Å². The number of nitrogens with zero attached hydrogens (tertiary/aromatic N) is 2. The van der Waals surface area contributed by atoms with E-state index >= 15 is 0 Å². The normalized spacial score (nSPS) is 15.2. The molecule has 0 aliphatic carbocycles. The van der Waals surface area contributed by atoms with Crippen molar-refractivity contribution in [2.24, 2.45) is 4.99 Å². The molecule has 77 valence electrons. The SMILES string of the molecule is OCC1=C(CO)N=C(c2ccccc2)[N]1. The average Bonchev–Trinajstić information content (AvgIpc) is 2.73. The molecule has 0 bridgehead atoms. The molecule has 4 heteroatoms. The molecule has 1 aliphatic heterocycles. The van der Waals surface area contributed by atoms with E-state index in [1.54, 1.807) is 0 Å². The smallest absolute Gasteiger partial charge is 0.159 e. The number of rotatable bonds is 3. The molecule has 15 heavy (non-hydrogen) atoms. The number of hydrogen-bond acceptors (Lipinski definition) is 3. The molecule has 0 unspecified atom stereocenters. The molecule has 0 saturated carbocycles. The predicted molar refractivity (Wildman–Crippen MR) is 56.3 cm³/mol. The molecule has 0 fully saturated rings. The summed E-state index contributed by atoms with van der Waals surface area (Å²) >= 11 is 0. The first kappa shape index (κ1) is 9.89. The van der Waals surface area contributed by atoms with Crippen molar-refractivity contribution < 1.29 is 10.2 Å². The Bertz CT molecular complexity index is 410. The Morgan fingerprint density at radius 3 is 2.13 bits per heavy atom. The van der Waals surface area contributed by atoms with Crippen LogP contribution in [0.3, 0.4) is 0 Å². The van der Waals surface area contributed by atoms with Crippen molar-refractivity contribution in [3.63, 3.8) is 0 Å². The molecular formula is C11H11N2O2. The number of aliphatic hydroxyl groups is 2. The Morgan fingerprint density at radius 1 is 0.933 bits per heavy atom. The topological polar surface area (TPSA) is 66.9 Å². The van der Waals surface area contributed by atoms with Crippen molar-refractivity contribution in [2.45, 2.75) is 0 Å². The van der Waals surface area contributed by atoms with E-state index in [-0.39, 0.29) is 13.2 Å². The third-order valence-electron chi connectivity index (χ3n) is 2.15. The van der Waals surface area contributed by atoms with Crippen LogP contribution < -0.4 is 5.32 Å². The van der Waals surface area contributed by atoms with Crippen LogP contribution in [-0.2, 0) is 0 Å². The van der Waals surface area contributed by atoms with Crippen LogP contribution in [0.25, 0.3) is 0 Å². The molecule has 0 spiro atoms. The van der Waals surface area contributed by atoms with Crippen LogP contribution in [0.15, 0.2) is 46.7 Å². The van der Waals surface area contributed by atoms with Gasteiger partial charge in [0.05, 0.1) is 24.6 Å². The molecule has 2 N–H and O–H groups in total. The third-order valence-corrected chi connectivity index (χ3v) is 2.15. The number of aliphatic hydroxyl groups excluding tert-OH is 2. The van der Waals surface area contributed by atoms with Crippen LogP contribution in [0.2, 0.25) is 0 Å². The Morgan fingerprint density at radius 2 is 1.60 bits per heavy atom.